The lowest BCUT2D eigenvalue weighted by Crippen LogP contribution is -2.16. The van der Waals surface area contributed by atoms with Crippen molar-refractivity contribution in [1.29, 1.82) is 0 Å². The van der Waals surface area contributed by atoms with Crippen LogP contribution in [0.3, 0.4) is 0 Å². The minimum absolute atomic E-state index is 0.177. The lowest BCUT2D eigenvalue weighted by atomic mass is 9.98. The number of carbonyl (C=O) groups excluding carboxylic acids is 1. The first-order valence-corrected chi connectivity index (χ1v) is 9.99. The van der Waals surface area contributed by atoms with E-state index in [0.29, 0.717) is 18.3 Å². The number of thioether (sulfide) groups is 1. The van der Waals surface area contributed by atoms with Crippen LogP contribution in [0.5, 0.6) is 0 Å². The summed E-state index contributed by atoms with van der Waals surface area (Å²) in [5.74, 6) is 3.21. The highest BCUT2D eigenvalue weighted by atomic mass is 32.2. The monoisotopic (exact) mass is 352 g/mol. The standard InChI is InChI=1S/C19H28O4S/c1-16(23-17-8-3-2-4-9-17)7-6-13-24-14-11-19(20)22-15-18-10-5-12-21-18/h5,10,12,17H,1-4,6-9,11,13-15H2. The summed E-state index contributed by atoms with van der Waals surface area (Å²) >= 11 is 1.77. The van der Waals surface area contributed by atoms with Gasteiger partial charge in [0, 0.05) is 12.2 Å². The number of carbonyl (C=O) groups is 1. The normalized spacial score (nSPS) is 15.2. The number of rotatable bonds is 11. The molecule has 134 valence electrons. The number of ether oxygens (including phenoxy) is 2. The molecule has 24 heavy (non-hydrogen) atoms. The smallest absolute Gasteiger partial charge is 0.307 e. The van der Waals surface area contributed by atoms with Crippen molar-refractivity contribution in [3.8, 4) is 0 Å². The van der Waals surface area contributed by atoms with Gasteiger partial charge in [0.25, 0.3) is 0 Å². The van der Waals surface area contributed by atoms with E-state index >= 15 is 0 Å². The SMILES string of the molecule is C=C(CCCSCCC(=O)OCc1ccco1)OC1CCCCC1. The molecule has 0 bridgehead atoms. The molecule has 0 aromatic carbocycles. The summed E-state index contributed by atoms with van der Waals surface area (Å²) in [6.45, 7) is 4.25. The number of furan rings is 1. The first-order chi connectivity index (χ1) is 11.7. The van der Waals surface area contributed by atoms with E-state index in [1.807, 2.05) is 0 Å². The zero-order chi connectivity index (χ0) is 17.0. The number of hydrogen-bond donors (Lipinski definition) is 0. The first kappa shape index (κ1) is 19.0. The average molecular weight is 352 g/mol. The van der Waals surface area contributed by atoms with Crippen LogP contribution in [-0.4, -0.2) is 23.6 Å². The second-order valence-corrected chi connectivity index (χ2v) is 7.35. The highest BCUT2D eigenvalue weighted by Gasteiger charge is 2.14. The van der Waals surface area contributed by atoms with E-state index in [1.54, 1.807) is 30.2 Å². The van der Waals surface area contributed by atoms with E-state index in [9.17, 15) is 4.79 Å². The fourth-order valence-corrected chi connectivity index (χ4v) is 3.59. The number of allylic oxidation sites excluding steroid dienone is 1. The van der Waals surface area contributed by atoms with Crippen LogP contribution in [0.25, 0.3) is 0 Å². The van der Waals surface area contributed by atoms with Crippen LogP contribution in [0, 0.1) is 0 Å². The van der Waals surface area contributed by atoms with Gasteiger partial charge in [-0.05, 0) is 50.0 Å². The molecule has 1 aromatic rings. The Morgan fingerprint density at radius 1 is 1.25 bits per heavy atom. The topological polar surface area (TPSA) is 48.7 Å². The molecule has 1 aliphatic carbocycles. The predicted octanol–water partition coefficient (Wildman–Crippen LogP) is 5.09. The molecule has 1 aromatic heterocycles. The highest BCUT2D eigenvalue weighted by Crippen LogP contribution is 2.23. The Kier molecular flexibility index (Phi) is 8.88. The second-order valence-electron chi connectivity index (χ2n) is 6.12. The fourth-order valence-electron chi connectivity index (χ4n) is 2.73. The van der Waals surface area contributed by atoms with E-state index in [1.165, 1.54) is 32.1 Å². The molecule has 0 radical (unpaired) electrons. The molecule has 0 unspecified atom stereocenters. The summed E-state index contributed by atoms with van der Waals surface area (Å²) < 4.78 is 16.2. The molecule has 1 aliphatic rings. The second kappa shape index (κ2) is 11.2. The minimum atomic E-state index is -0.177. The quantitative estimate of drug-likeness (QED) is 0.315. The Bertz CT molecular complexity index is 478. The van der Waals surface area contributed by atoms with Gasteiger partial charge >= 0.3 is 5.97 Å². The van der Waals surface area contributed by atoms with E-state index in [2.05, 4.69) is 6.58 Å². The molecule has 0 atom stereocenters. The third-order valence-corrected chi connectivity index (χ3v) is 5.11. The molecule has 1 saturated carbocycles. The molecule has 0 saturated heterocycles. The maximum atomic E-state index is 11.6. The van der Waals surface area contributed by atoms with E-state index in [0.717, 1.165) is 30.1 Å². The number of esters is 1. The largest absolute Gasteiger partial charge is 0.495 e. The number of hydrogen-bond acceptors (Lipinski definition) is 5. The molecule has 2 rings (SSSR count). The molecule has 0 N–H and O–H groups in total. The van der Waals surface area contributed by atoms with Gasteiger partial charge in [-0.2, -0.15) is 11.8 Å². The fraction of sp³-hybridized carbons (Fsp3) is 0.632. The van der Waals surface area contributed by atoms with E-state index in [4.69, 9.17) is 13.9 Å². The van der Waals surface area contributed by atoms with Crippen molar-refractivity contribution in [3.05, 3.63) is 36.5 Å². The van der Waals surface area contributed by atoms with E-state index < -0.39 is 0 Å². The molecule has 5 heteroatoms. The zero-order valence-corrected chi connectivity index (χ0v) is 15.2. The van der Waals surface area contributed by atoms with Crippen LogP contribution in [0.1, 0.15) is 57.1 Å². The van der Waals surface area contributed by atoms with Crippen LogP contribution in [0.4, 0.5) is 0 Å². The van der Waals surface area contributed by atoms with Gasteiger partial charge in [0.05, 0.1) is 24.5 Å². The van der Waals surface area contributed by atoms with Gasteiger partial charge in [0.15, 0.2) is 0 Å². The third kappa shape index (κ3) is 7.95. The van der Waals surface area contributed by atoms with Crippen LogP contribution >= 0.6 is 11.8 Å². The Hall–Kier alpha value is -1.36. The van der Waals surface area contributed by atoms with Gasteiger partial charge in [0.2, 0.25) is 0 Å². The average Bonchev–Trinajstić information content (AvgIpc) is 3.10. The lowest BCUT2D eigenvalue weighted by Gasteiger charge is -2.24. The van der Waals surface area contributed by atoms with Crippen molar-refractivity contribution in [3.63, 3.8) is 0 Å². The molecule has 1 fully saturated rings. The Labute approximate surface area is 149 Å². The maximum Gasteiger partial charge on any atom is 0.307 e. The molecule has 1 heterocycles. The molecule has 0 amide bonds. The van der Waals surface area contributed by atoms with Gasteiger partial charge in [-0.3, -0.25) is 4.79 Å². The molecule has 0 spiro atoms. The van der Waals surface area contributed by atoms with Crippen molar-refractivity contribution >= 4 is 17.7 Å². The molecule has 0 aliphatic heterocycles. The summed E-state index contributed by atoms with van der Waals surface area (Å²) in [7, 11) is 0. The van der Waals surface area contributed by atoms with Gasteiger partial charge in [-0.15, -0.1) is 0 Å². The Balaban J connectivity index is 1.41. The van der Waals surface area contributed by atoms with Crippen LogP contribution < -0.4 is 0 Å². The van der Waals surface area contributed by atoms with Crippen molar-refractivity contribution in [2.75, 3.05) is 11.5 Å². The summed E-state index contributed by atoms with van der Waals surface area (Å²) in [4.78, 5) is 11.6. The first-order valence-electron chi connectivity index (χ1n) is 8.84. The molecule has 4 nitrogen and oxygen atoms in total. The summed E-state index contributed by atoms with van der Waals surface area (Å²) in [5, 5.41) is 0. The van der Waals surface area contributed by atoms with Gasteiger partial charge in [0.1, 0.15) is 12.4 Å². The van der Waals surface area contributed by atoms with E-state index in [-0.39, 0.29) is 12.6 Å². The predicted molar refractivity (Wildman–Crippen MR) is 96.8 cm³/mol. The van der Waals surface area contributed by atoms with Gasteiger partial charge in [-0.25, -0.2) is 0 Å². The highest BCUT2D eigenvalue weighted by molar-refractivity contribution is 7.99. The zero-order valence-electron chi connectivity index (χ0n) is 14.3. The lowest BCUT2D eigenvalue weighted by molar-refractivity contribution is -0.144. The van der Waals surface area contributed by atoms with Crippen LogP contribution in [-0.2, 0) is 20.9 Å². The maximum absolute atomic E-state index is 11.6. The minimum Gasteiger partial charge on any atom is -0.495 e. The molecular formula is C19H28O4S. The van der Waals surface area contributed by atoms with Gasteiger partial charge < -0.3 is 13.9 Å². The van der Waals surface area contributed by atoms with Crippen molar-refractivity contribution in [2.45, 2.75) is 64.1 Å². The molecular weight excluding hydrogens is 324 g/mol. The van der Waals surface area contributed by atoms with Crippen LogP contribution in [0.15, 0.2) is 35.2 Å². The Morgan fingerprint density at radius 3 is 2.83 bits per heavy atom. The van der Waals surface area contributed by atoms with Gasteiger partial charge in [-0.1, -0.05) is 13.0 Å². The van der Waals surface area contributed by atoms with Crippen molar-refractivity contribution in [1.82, 2.24) is 0 Å². The van der Waals surface area contributed by atoms with Crippen molar-refractivity contribution in [2.24, 2.45) is 0 Å². The summed E-state index contributed by atoms with van der Waals surface area (Å²) in [6.07, 6.45) is 10.6. The summed E-state index contributed by atoms with van der Waals surface area (Å²) in [5.41, 5.74) is 0. The van der Waals surface area contributed by atoms with Crippen molar-refractivity contribution < 1.29 is 18.7 Å². The Morgan fingerprint density at radius 2 is 2.08 bits per heavy atom. The van der Waals surface area contributed by atoms with Crippen LogP contribution in [0.2, 0.25) is 0 Å². The summed E-state index contributed by atoms with van der Waals surface area (Å²) in [6, 6.07) is 3.58. The third-order valence-electron chi connectivity index (χ3n) is 4.04.